The maximum absolute atomic E-state index is 5.65. The molecule has 0 atom stereocenters. The Labute approximate surface area is 178 Å². The van der Waals surface area contributed by atoms with Crippen LogP contribution in [-0.2, 0) is 23.7 Å². The van der Waals surface area contributed by atoms with Gasteiger partial charge < -0.3 is 15.4 Å². The van der Waals surface area contributed by atoms with Gasteiger partial charge in [0.25, 0.3) is 0 Å². The van der Waals surface area contributed by atoms with Crippen LogP contribution in [-0.4, -0.2) is 42.5 Å². The standard InChI is InChI=1S/C20H29N5O.HI/c1-16-6-4-5-7-18(16)20(9-12-26-13-10-20)15-23-19(21-2)22-14-17-8-11-24-25(17)3;/h4-8,11H,9-10,12-15H2,1-3H3,(H2,21,22,23);1H. The fourth-order valence-electron chi connectivity index (χ4n) is 3.69. The third-order valence-electron chi connectivity index (χ3n) is 5.34. The molecule has 27 heavy (non-hydrogen) atoms. The molecule has 2 N–H and O–H groups in total. The van der Waals surface area contributed by atoms with Gasteiger partial charge in [0.15, 0.2) is 5.96 Å². The molecule has 0 spiro atoms. The fraction of sp³-hybridized carbons (Fsp3) is 0.500. The third kappa shape index (κ3) is 5.22. The van der Waals surface area contributed by atoms with Gasteiger partial charge in [0.05, 0.1) is 12.2 Å². The number of aliphatic imine (C=N–C) groups is 1. The molecule has 1 fully saturated rings. The smallest absolute Gasteiger partial charge is 0.191 e. The molecular formula is C20H30IN5O. The molecule has 1 saturated heterocycles. The average Bonchev–Trinajstić information content (AvgIpc) is 3.08. The first-order chi connectivity index (χ1) is 12.6. The van der Waals surface area contributed by atoms with Crippen molar-refractivity contribution >= 4 is 29.9 Å². The molecule has 1 aromatic heterocycles. The highest BCUT2D eigenvalue weighted by atomic mass is 127. The van der Waals surface area contributed by atoms with Gasteiger partial charge in [-0.1, -0.05) is 24.3 Å². The highest BCUT2D eigenvalue weighted by Crippen LogP contribution is 2.36. The van der Waals surface area contributed by atoms with E-state index in [4.69, 9.17) is 4.74 Å². The molecule has 2 aromatic rings. The second-order valence-electron chi connectivity index (χ2n) is 6.93. The number of ether oxygens (including phenoxy) is 1. The minimum absolute atomic E-state index is 0. The van der Waals surface area contributed by atoms with E-state index in [9.17, 15) is 0 Å². The summed E-state index contributed by atoms with van der Waals surface area (Å²) in [5, 5.41) is 11.1. The Morgan fingerprint density at radius 1 is 1.22 bits per heavy atom. The van der Waals surface area contributed by atoms with Gasteiger partial charge >= 0.3 is 0 Å². The van der Waals surface area contributed by atoms with E-state index in [1.165, 1.54) is 11.1 Å². The Bertz CT molecular complexity index is 752. The lowest BCUT2D eigenvalue weighted by atomic mass is 9.72. The molecule has 0 bridgehead atoms. The number of rotatable bonds is 5. The van der Waals surface area contributed by atoms with Crippen LogP contribution in [0.1, 0.15) is 29.7 Å². The topological polar surface area (TPSA) is 63.5 Å². The maximum atomic E-state index is 5.65. The fourth-order valence-corrected chi connectivity index (χ4v) is 3.69. The number of hydrogen-bond acceptors (Lipinski definition) is 3. The summed E-state index contributed by atoms with van der Waals surface area (Å²) in [6.45, 7) is 5.33. The number of guanidine groups is 1. The molecule has 1 aromatic carbocycles. The number of halogens is 1. The van der Waals surface area contributed by atoms with Crippen molar-refractivity contribution in [2.24, 2.45) is 12.0 Å². The summed E-state index contributed by atoms with van der Waals surface area (Å²) in [4.78, 5) is 4.38. The molecule has 3 rings (SSSR count). The predicted octanol–water partition coefficient (Wildman–Crippen LogP) is 2.76. The Kier molecular flexibility index (Phi) is 8.09. The molecule has 0 amide bonds. The van der Waals surface area contributed by atoms with Crippen LogP contribution in [0, 0.1) is 6.92 Å². The monoisotopic (exact) mass is 483 g/mol. The SMILES string of the molecule is CN=C(NCc1ccnn1C)NCC1(c2ccccc2C)CCOCC1.I. The highest BCUT2D eigenvalue weighted by Gasteiger charge is 2.35. The summed E-state index contributed by atoms with van der Waals surface area (Å²) >= 11 is 0. The van der Waals surface area contributed by atoms with Crippen molar-refractivity contribution in [1.82, 2.24) is 20.4 Å². The summed E-state index contributed by atoms with van der Waals surface area (Å²) in [6, 6.07) is 10.7. The summed E-state index contributed by atoms with van der Waals surface area (Å²) in [6.07, 6.45) is 3.84. The number of nitrogens with zero attached hydrogens (tertiary/aromatic N) is 3. The van der Waals surface area contributed by atoms with Crippen molar-refractivity contribution in [3.8, 4) is 0 Å². The molecular weight excluding hydrogens is 453 g/mol. The number of benzene rings is 1. The lowest BCUT2D eigenvalue weighted by molar-refractivity contribution is 0.0512. The number of hydrogen-bond donors (Lipinski definition) is 2. The number of aryl methyl sites for hydroxylation is 2. The second-order valence-corrected chi connectivity index (χ2v) is 6.93. The van der Waals surface area contributed by atoms with Crippen LogP contribution in [0.4, 0.5) is 0 Å². The first kappa shape index (κ1) is 21.7. The molecule has 148 valence electrons. The van der Waals surface area contributed by atoms with E-state index in [0.717, 1.165) is 44.3 Å². The van der Waals surface area contributed by atoms with Gasteiger partial charge in [-0.15, -0.1) is 24.0 Å². The Morgan fingerprint density at radius 3 is 2.59 bits per heavy atom. The van der Waals surface area contributed by atoms with Crippen LogP contribution < -0.4 is 10.6 Å². The Balaban J connectivity index is 0.00000261. The van der Waals surface area contributed by atoms with Crippen LogP contribution in [0.3, 0.4) is 0 Å². The highest BCUT2D eigenvalue weighted by molar-refractivity contribution is 14.0. The molecule has 2 heterocycles. The number of aromatic nitrogens is 2. The van der Waals surface area contributed by atoms with Gasteiger partial charge in [-0.2, -0.15) is 5.10 Å². The van der Waals surface area contributed by atoms with Crippen molar-refractivity contribution in [1.29, 1.82) is 0 Å². The third-order valence-corrected chi connectivity index (χ3v) is 5.34. The molecule has 1 aliphatic rings. The van der Waals surface area contributed by atoms with Gasteiger partial charge in [0, 0.05) is 45.5 Å². The van der Waals surface area contributed by atoms with Crippen LogP contribution in [0.15, 0.2) is 41.5 Å². The second kappa shape index (κ2) is 10.1. The van der Waals surface area contributed by atoms with Crippen LogP contribution in [0.25, 0.3) is 0 Å². The van der Waals surface area contributed by atoms with Crippen LogP contribution in [0.5, 0.6) is 0 Å². The summed E-state index contributed by atoms with van der Waals surface area (Å²) in [5.41, 5.74) is 3.95. The molecule has 0 unspecified atom stereocenters. The first-order valence-corrected chi connectivity index (χ1v) is 9.20. The van der Waals surface area contributed by atoms with Gasteiger partial charge in [0.2, 0.25) is 0 Å². The van der Waals surface area contributed by atoms with Crippen molar-refractivity contribution in [2.75, 3.05) is 26.8 Å². The molecule has 1 aliphatic heterocycles. The minimum atomic E-state index is 0. The molecule has 6 nitrogen and oxygen atoms in total. The Hall–Kier alpha value is -1.61. The molecule has 7 heteroatoms. The quantitative estimate of drug-likeness (QED) is 0.390. The van der Waals surface area contributed by atoms with Crippen molar-refractivity contribution in [3.05, 3.63) is 53.3 Å². The lowest BCUT2D eigenvalue weighted by Crippen LogP contribution is -2.48. The van der Waals surface area contributed by atoms with E-state index in [2.05, 4.69) is 51.9 Å². The molecule has 0 radical (unpaired) electrons. The maximum Gasteiger partial charge on any atom is 0.191 e. The zero-order chi connectivity index (χ0) is 18.4. The zero-order valence-corrected chi connectivity index (χ0v) is 18.7. The normalized spacial score (nSPS) is 16.5. The lowest BCUT2D eigenvalue weighted by Gasteiger charge is -2.39. The van der Waals surface area contributed by atoms with Gasteiger partial charge in [-0.05, 0) is 37.0 Å². The van der Waals surface area contributed by atoms with Crippen LogP contribution >= 0.6 is 24.0 Å². The van der Waals surface area contributed by atoms with E-state index >= 15 is 0 Å². The average molecular weight is 483 g/mol. The molecule has 0 saturated carbocycles. The predicted molar refractivity (Wildman–Crippen MR) is 120 cm³/mol. The van der Waals surface area contributed by atoms with E-state index in [0.29, 0.717) is 6.54 Å². The van der Waals surface area contributed by atoms with Gasteiger partial charge in [-0.3, -0.25) is 9.67 Å². The summed E-state index contributed by atoms with van der Waals surface area (Å²) < 4.78 is 7.51. The van der Waals surface area contributed by atoms with Crippen molar-refractivity contribution < 1.29 is 4.74 Å². The Morgan fingerprint density at radius 2 is 1.96 bits per heavy atom. The van der Waals surface area contributed by atoms with E-state index in [1.54, 1.807) is 0 Å². The van der Waals surface area contributed by atoms with Gasteiger partial charge in [0.1, 0.15) is 0 Å². The summed E-state index contributed by atoms with van der Waals surface area (Å²) in [5.74, 6) is 0.811. The largest absolute Gasteiger partial charge is 0.381 e. The summed E-state index contributed by atoms with van der Waals surface area (Å²) in [7, 11) is 3.76. The molecule has 0 aliphatic carbocycles. The first-order valence-electron chi connectivity index (χ1n) is 9.20. The minimum Gasteiger partial charge on any atom is -0.381 e. The van der Waals surface area contributed by atoms with E-state index in [1.807, 2.05) is 31.0 Å². The van der Waals surface area contributed by atoms with E-state index in [-0.39, 0.29) is 29.4 Å². The number of nitrogens with one attached hydrogen (secondary N) is 2. The van der Waals surface area contributed by atoms with Crippen LogP contribution in [0.2, 0.25) is 0 Å². The van der Waals surface area contributed by atoms with Gasteiger partial charge in [-0.25, -0.2) is 0 Å². The van der Waals surface area contributed by atoms with E-state index < -0.39 is 0 Å². The zero-order valence-electron chi connectivity index (χ0n) is 16.4. The van der Waals surface area contributed by atoms with Crippen molar-refractivity contribution in [2.45, 2.75) is 31.7 Å². The van der Waals surface area contributed by atoms with Crippen molar-refractivity contribution in [3.63, 3.8) is 0 Å².